The van der Waals surface area contributed by atoms with E-state index in [1.165, 1.54) is 0 Å². The Labute approximate surface area is 134 Å². The van der Waals surface area contributed by atoms with Crippen molar-refractivity contribution in [3.05, 3.63) is 39.2 Å². The van der Waals surface area contributed by atoms with Crippen LogP contribution in [0.2, 0.25) is 0 Å². The SMILES string of the molecule is CCN(CC)CC(N)c1n[n+](=O)c2c3c(ccc2n1[O-])CCC3. The van der Waals surface area contributed by atoms with E-state index in [0.29, 0.717) is 22.1 Å². The third-order valence-corrected chi connectivity index (χ3v) is 4.72. The monoisotopic (exact) mass is 317 g/mol. The van der Waals surface area contributed by atoms with Crippen LogP contribution in [0.1, 0.15) is 43.3 Å². The van der Waals surface area contributed by atoms with Crippen molar-refractivity contribution in [3.63, 3.8) is 0 Å². The van der Waals surface area contributed by atoms with Crippen LogP contribution in [0.5, 0.6) is 0 Å². The summed E-state index contributed by atoms with van der Waals surface area (Å²) in [5.41, 5.74) is 9.00. The highest BCUT2D eigenvalue weighted by molar-refractivity contribution is 5.77. The number of nitrogens with two attached hydrogens (primary N) is 1. The van der Waals surface area contributed by atoms with Crippen LogP contribution in [-0.2, 0) is 12.8 Å². The topological polar surface area (TPSA) is 93.1 Å². The molecule has 0 fully saturated rings. The normalized spacial score (nSPS) is 15.3. The first-order valence-electron chi connectivity index (χ1n) is 8.22. The van der Waals surface area contributed by atoms with Crippen molar-refractivity contribution < 1.29 is 4.54 Å². The molecule has 124 valence electrons. The van der Waals surface area contributed by atoms with Gasteiger partial charge in [-0.3, -0.25) is 0 Å². The highest BCUT2D eigenvalue weighted by Crippen LogP contribution is 2.27. The van der Waals surface area contributed by atoms with Gasteiger partial charge in [0.1, 0.15) is 5.52 Å². The van der Waals surface area contributed by atoms with Gasteiger partial charge in [0, 0.05) is 12.1 Å². The number of aromatic nitrogens is 3. The van der Waals surface area contributed by atoms with Gasteiger partial charge >= 0.3 is 5.52 Å². The van der Waals surface area contributed by atoms with Gasteiger partial charge in [-0.1, -0.05) is 19.9 Å². The molecule has 1 heterocycles. The van der Waals surface area contributed by atoms with Crippen LogP contribution in [0.3, 0.4) is 0 Å². The van der Waals surface area contributed by atoms with Crippen molar-refractivity contribution in [2.24, 2.45) is 5.73 Å². The summed E-state index contributed by atoms with van der Waals surface area (Å²) >= 11 is 0. The molecule has 0 spiro atoms. The predicted octanol–water partition coefficient (Wildman–Crippen LogP) is 1.13. The lowest BCUT2D eigenvalue weighted by molar-refractivity contribution is -0.538. The summed E-state index contributed by atoms with van der Waals surface area (Å²) in [6, 6.07) is 3.07. The quantitative estimate of drug-likeness (QED) is 0.834. The van der Waals surface area contributed by atoms with Gasteiger partial charge in [0.05, 0.1) is 16.0 Å². The highest BCUT2D eigenvalue weighted by atomic mass is 16.5. The smallest absolute Gasteiger partial charge is 0.321 e. The van der Waals surface area contributed by atoms with E-state index in [-0.39, 0.29) is 5.82 Å². The fourth-order valence-corrected chi connectivity index (χ4v) is 3.39. The van der Waals surface area contributed by atoms with Crippen molar-refractivity contribution in [1.29, 1.82) is 0 Å². The van der Waals surface area contributed by atoms with E-state index in [1.807, 2.05) is 19.9 Å². The molecule has 2 aromatic rings. The Kier molecular flexibility index (Phi) is 4.32. The second-order valence-corrected chi connectivity index (χ2v) is 6.04. The molecule has 0 radical (unpaired) electrons. The fraction of sp³-hybridized carbons (Fsp3) is 0.562. The summed E-state index contributed by atoms with van der Waals surface area (Å²) in [7, 11) is 0. The number of fused-ring (bicyclic) bond motifs is 3. The van der Waals surface area contributed by atoms with Gasteiger partial charge in [-0.25, -0.2) is 0 Å². The molecule has 1 atom stereocenters. The molecule has 1 aromatic heterocycles. The third-order valence-electron chi connectivity index (χ3n) is 4.72. The van der Waals surface area contributed by atoms with Crippen LogP contribution in [0, 0.1) is 10.1 Å². The van der Waals surface area contributed by atoms with Crippen LogP contribution in [0.4, 0.5) is 0 Å². The molecule has 1 aromatic carbocycles. The number of likely N-dealkylation sites (N-methyl/N-ethyl adjacent to an activating group) is 1. The zero-order valence-electron chi connectivity index (χ0n) is 13.7. The summed E-state index contributed by atoms with van der Waals surface area (Å²) < 4.78 is 1.32. The van der Waals surface area contributed by atoms with Crippen LogP contribution in [0.25, 0.3) is 11.0 Å². The zero-order valence-corrected chi connectivity index (χ0v) is 13.7. The van der Waals surface area contributed by atoms with Crippen molar-refractivity contribution in [3.8, 4) is 0 Å². The molecule has 3 rings (SSSR count). The lowest BCUT2D eigenvalue weighted by Crippen LogP contribution is -2.37. The van der Waals surface area contributed by atoms with E-state index in [9.17, 15) is 10.1 Å². The minimum Gasteiger partial charge on any atom is -0.804 e. The van der Waals surface area contributed by atoms with Crippen molar-refractivity contribution >= 4 is 11.0 Å². The average Bonchev–Trinajstić information content (AvgIpc) is 3.03. The summed E-state index contributed by atoms with van der Waals surface area (Å²) in [6.45, 7) is 6.24. The summed E-state index contributed by atoms with van der Waals surface area (Å²) in [5, 5.41) is 16.6. The van der Waals surface area contributed by atoms with Crippen molar-refractivity contribution in [1.82, 2.24) is 14.7 Å². The lowest BCUT2D eigenvalue weighted by Gasteiger charge is -2.24. The van der Waals surface area contributed by atoms with E-state index in [2.05, 4.69) is 10.00 Å². The van der Waals surface area contributed by atoms with Gasteiger partial charge in [0.15, 0.2) is 10.4 Å². The Hall–Kier alpha value is -1.99. The van der Waals surface area contributed by atoms with E-state index in [0.717, 1.165) is 48.2 Å². The molecule has 0 amide bonds. The summed E-state index contributed by atoms with van der Waals surface area (Å²) in [6.07, 6.45) is 2.78. The van der Waals surface area contributed by atoms with E-state index in [1.54, 1.807) is 6.07 Å². The fourth-order valence-electron chi connectivity index (χ4n) is 3.39. The summed E-state index contributed by atoms with van der Waals surface area (Å²) in [5.74, 6) is 0.0809. The molecule has 0 saturated carbocycles. The maximum Gasteiger partial charge on any atom is 0.321 e. The van der Waals surface area contributed by atoms with Gasteiger partial charge in [-0.15, -0.1) is 0 Å². The van der Waals surface area contributed by atoms with Gasteiger partial charge in [0.2, 0.25) is 0 Å². The van der Waals surface area contributed by atoms with Crippen molar-refractivity contribution in [2.45, 2.75) is 39.2 Å². The summed E-state index contributed by atoms with van der Waals surface area (Å²) in [4.78, 5) is 14.5. The highest BCUT2D eigenvalue weighted by Gasteiger charge is 2.26. The minimum absolute atomic E-state index is 0.0809. The van der Waals surface area contributed by atoms with E-state index in [4.69, 9.17) is 5.73 Å². The number of hydrogen-bond acceptors (Lipinski definition) is 5. The van der Waals surface area contributed by atoms with Crippen LogP contribution in [0.15, 0.2) is 12.1 Å². The first-order valence-corrected chi connectivity index (χ1v) is 8.22. The number of benzene rings is 1. The Balaban J connectivity index is 2.09. The molecule has 1 unspecified atom stereocenters. The second kappa shape index (κ2) is 6.25. The van der Waals surface area contributed by atoms with Gasteiger partial charge < -0.3 is 20.6 Å². The third kappa shape index (κ3) is 2.70. The number of aryl methyl sites for hydroxylation is 2. The van der Waals surface area contributed by atoms with Crippen molar-refractivity contribution in [2.75, 3.05) is 19.6 Å². The molecule has 7 nitrogen and oxygen atoms in total. The van der Waals surface area contributed by atoms with E-state index < -0.39 is 6.04 Å². The first kappa shape index (κ1) is 15.9. The molecule has 1 aliphatic carbocycles. The molecular weight excluding hydrogens is 294 g/mol. The maximum absolute atomic E-state index is 12.7. The first-order chi connectivity index (χ1) is 11.1. The molecule has 0 saturated heterocycles. The van der Waals surface area contributed by atoms with Crippen LogP contribution >= 0.6 is 0 Å². The maximum atomic E-state index is 12.7. The largest absolute Gasteiger partial charge is 0.804 e. The van der Waals surface area contributed by atoms with Crippen LogP contribution in [-0.4, -0.2) is 34.4 Å². The molecule has 2 N–H and O–H groups in total. The average molecular weight is 317 g/mol. The molecular formula is C16H23N5O2. The minimum atomic E-state index is -0.592. The Bertz CT molecular complexity index is 782. The molecule has 7 heteroatoms. The number of hydrogen-bond donors (Lipinski definition) is 1. The van der Waals surface area contributed by atoms with Crippen LogP contribution < -0.4 is 10.3 Å². The van der Waals surface area contributed by atoms with Gasteiger partial charge in [-0.05, 0) is 44.0 Å². The number of nitrogens with zero attached hydrogens (tertiary/aromatic N) is 4. The molecule has 1 aliphatic rings. The number of rotatable bonds is 5. The van der Waals surface area contributed by atoms with E-state index >= 15 is 0 Å². The molecule has 0 aliphatic heterocycles. The lowest BCUT2D eigenvalue weighted by atomic mass is 10.1. The molecule has 0 bridgehead atoms. The van der Waals surface area contributed by atoms with Gasteiger partial charge in [-0.2, -0.15) is 0 Å². The zero-order chi connectivity index (χ0) is 16.6. The Morgan fingerprint density at radius 1 is 1.39 bits per heavy atom. The standard InChI is InChI=1S/C16H23N5O2/c1-3-19(4-2)10-13(17)16-18-21(23)15-12-7-5-6-11(12)8-9-14(15)20(16)22/h8-9,13H,3-7,10,17H2,1-2H3. The Morgan fingerprint density at radius 2 is 2.13 bits per heavy atom. The second-order valence-electron chi connectivity index (χ2n) is 6.04. The predicted molar refractivity (Wildman–Crippen MR) is 88.6 cm³/mol. The van der Waals surface area contributed by atoms with Gasteiger partial charge in [0.25, 0.3) is 0 Å². The molecule has 23 heavy (non-hydrogen) atoms. The Morgan fingerprint density at radius 3 is 2.83 bits per heavy atom.